The Labute approximate surface area is 174 Å². The molecule has 2 aromatic carbocycles. The van der Waals surface area contributed by atoms with Crippen LogP contribution in [0.4, 0.5) is 4.39 Å². The summed E-state index contributed by atoms with van der Waals surface area (Å²) in [6.45, 7) is 4.72. The molecule has 0 aliphatic heterocycles. The van der Waals surface area contributed by atoms with E-state index in [1.54, 1.807) is 13.0 Å². The second-order valence-electron chi connectivity index (χ2n) is 8.76. The molecule has 2 aromatic rings. The lowest BCUT2D eigenvalue weighted by Crippen LogP contribution is -2.33. The molecule has 2 saturated carbocycles. The Balaban J connectivity index is 1.38. The molecule has 152 valence electrons. The summed E-state index contributed by atoms with van der Waals surface area (Å²) >= 11 is 0. The van der Waals surface area contributed by atoms with E-state index in [-0.39, 0.29) is 5.82 Å². The van der Waals surface area contributed by atoms with E-state index in [2.05, 4.69) is 43.0 Å². The molecular formula is C27H31FO. The monoisotopic (exact) mass is 390 g/mol. The summed E-state index contributed by atoms with van der Waals surface area (Å²) in [7, 11) is 0. The highest BCUT2D eigenvalue weighted by atomic mass is 19.1. The van der Waals surface area contributed by atoms with Crippen molar-refractivity contribution in [2.45, 2.75) is 64.4 Å². The Morgan fingerprint density at radius 1 is 0.897 bits per heavy atom. The zero-order chi connectivity index (χ0) is 20.2. The lowest BCUT2D eigenvalue weighted by atomic mass is 9.65. The first kappa shape index (κ1) is 20.2. The summed E-state index contributed by atoms with van der Waals surface area (Å²) in [6, 6.07) is 13.9. The van der Waals surface area contributed by atoms with Gasteiger partial charge in [-0.05, 0) is 106 Å². The fourth-order valence-corrected chi connectivity index (χ4v) is 5.19. The molecule has 2 fully saturated rings. The zero-order valence-corrected chi connectivity index (χ0v) is 17.6. The van der Waals surface area contributed by atoms with Crippen molar-refractivity contribution in [2.75, 3.05) is 6.61 Å². The summed E-state index contributed by atoms with van der Waals surface area (Å²) in [6.07, 6.45) is 8.25. The fourth-order valence-electron chi connectivity index (χ4n) is 5.19. The second kappa shape index (κ2) is 9.14. The van der Waals surface area contributed by atoms with Crippen LogP contribution in [-0.2, 0) is 4.74 Å². The van der Waals surface area contributed by atoms with Crippen LogP contribution in [0.25, 0.3) is 0 Å². The van der Waals surface area contributed by atoms with Gasteiger partial charge in [0.15, 0.2) is 0 Å². The predicted octanol–water partition coefficient (Wildman–Crippen LogP) is 6.62. The van der Waals surface area contributed by atoms with Crippen LogP contribution in [-0.4, -0.2) is 12.7 Å². The van der Waals surface area contributed by atoms with E-state index < -0.39 is 0 Å². The minimum Gasteiger partial charge on any atom is -0.378 e. The van der Waals surface area contributed by atoms with E-state index >= 15 is 0 Å². The number of benzene rings is 2. The first-order valence-corrected chi connectivity index (χ1v) is 11.1. The van der Waals surface area contributed by atoms with E-state index in [0.29, 0.717) is 17.6 Å². The molecule has 0 N–H and O–H groups in total. The van der Waals surface area contributed by atoms with Gasteiger partial charge in [0.2, 0.25) is 0 Å². The summed E-state index contributed by atoms with van der Waals surface area (Å²) in [5.41, 5.74) is 3.81. The minimum absolute atomic E-state index is 0.196. The Hall–Kier alpha value is -2.11. The van der Waals surface area contributed by atoms with Crippen LogP contribution in [0.5, 0.6) is 0 Å². The normalized spacial score (nSPS) is 26.3. The quantitative estimate of drug-likeness (QED) is 0.535. The maximum Gasteiger partial charge on any atom is 0.127 e. The van der Waals surface area contributed by atoms with E-state index in [4.69, 9.17) is 4.74 Å². The second-order valence-corrected chi connectivity index (χ2v) is 8.76. The standard InChI is InChI=1S/C27H31FO/c1-3-29-26-15-14-24-17-23(12-13-25(24)18-26)22-10-8-20(9-11-22)6-7-21-5-4-19(2)27(28)16-21/h4-5,8-11,16,23-26H,3,12-15,17-18H2,1-2H3. The van der Waals surface area contributed by atoms with Gasteiger partial charge in [0, 0.05) is 17.7 Å². The molecule has 2 aliphatic carbocycles. The fraction of sp³-hybridized carbons (Fsp3) is 0.481. The molecule has 4 unspecified atom stereocenters. The molecule has 0 amide bonds. The maximum absolute atomic E-state index is 13.7. The average molecular weight is 391 g/mol. The number of halogens is 1. The van der Waals surface area contributed by atoms with Gasteiger partial charge in [-0.15, -0.1) is 0 Å². The number of hydrogen-bond donors (Lipinski definition) is 0. The van der Waals surface area contributed by atoms with Crippen LogP contribution < -0.4 is 0 Å². The van der Waals surface area contributed by atoms with Crippen molar-refractivity contribution in [2.24, 2.45) is 11.8 Å². The third kappa shape index (κ3) is 4.90. The maximum atomic E-state index is 13.7. The minimum atomic E-state index is -0.196. The van der Waals surface area contributed by atoms with Gasteiger partial charge in [0.1, 0.15) is 5.82 Å². The number of ether oxygens (including phenoxy) is 1. The van der Waals surface area contributed by atoms with Gasteiger partial charge < -0.3 is 4.74 Å². The molecule has 2 aliphatic rings. The SMILES string of the molecule is CCOC1CCC2CC(c3ccc(C#Cc4ccc(C)c(F)c4)cc3)CCC2C1. The Morgan fingerprint density at radius 3 is 2.34 bits per heavy atom. The van der Waals surface area contributed by atoms with Gasteiger partial charge in [-0.1, -0.05) is 30.0 Å². The highest BCUT2D eigenvalue weighted by Crippen LogP contribution is 2.46. The summed E-state index contributed by atoms with van der Waals surface area (Å²) in [5.74, 6) is 8.45. The molecule has 2 heteroatoms. The molecule has 0 saturated heterocycles. The van der Waals surface area contributed by atoms with Crippen molar-refractivity contribution in [3.05, 3.63) is 70.5 Å². The lowest BCUT2D eigenvalue weighted by molar-refractivity contribution is -0.00955. The molecule has 0 radical (unpaired) electrons. The van der Waals surface area contributed by atoms with E-state index in [9.17, 15) is 4.39 Å². The number of hydrogen-bond acceptors (Lipinski definition) is 1. The molecule has 4 atom stereocenters. The summed E-state index contributed by atoms with van der Waals surface area (Å²) < 4.78 is 19.6. The number of rotatable bonds is 3. The Bertz CT molecular complexity index is 889. The van der Waals surface area contributed by atoms with Crippen LogP contribution in [0.1, 0.15) is 73.6 Å². The van der Waals surface area contributed by atoms with E-state index in [1.165, 1.54) is 50.2 Å². The van der Waals surface area contributed by atoms with Crippen LogP contribution in [0.15, 0.2) is 42.5 Å². The smallest absolute Gasteiger partial charge is 0.127 e. The van der Waals surface area contributed by atoms with Crippen molar-refractivity contribution in [3.63, 3.8) is 0 Å². The predicted molar refractivity (Wildman–Crippen MR) is 116 cm³/mol. The van der Waals surface area contributed by atoms with Crippen LogP contribution >= 0.6 is 0 Å². The van der Waals surface area contributed by atoms with Gasteiger partial charge in [-0.2, -0.15) is 0 Å². The third-order valence-electron chi connectivity index (χ3n) is 6.87. The number of aryl methyl sites for hydroxylation is 1. The van der Waals surface area contributed by atoms with E-state index in [0.717, 1.165) is 29.6 Å². The highest BCUT2D eigenvalue weighted by Gasteiger charge is 2.36. The largest absolute Gasteiger partial charge is 0.378 e. The number of fused-ring (bicyclic) bond motifs is 1. The van der Waals surface area contributed by atoms with Gasteiger partial charge in [-0.25, -0.2) is 4.39 Å². The molecule has 0 bridgehead atoms. The first-order chi connectivity index (χ1) is 14.1. The van der Waals surface area contributed by atoms with Crippen molar-refractivity contribution in [1.29, 1.82) is 0 Å². The molecule has 0 spiro atoms. The summed E-state index contributed by atoms with van der Waals surface area (Å²) in [5, 5.41) is 0. The topological polar surface area (TPSA) is 9.23 Å². The Morgan fingerprint density at radius 2 is 1.59 bits per heavy atom. The molecule has 0 aromatic heterocycles. The first-order valence-electron chi connectivity index (χ1n) is 11.1. The molecule has 29 heavy (non-hydrogen) atoms. The zero-order valence-electron chi connectivity index (χ0n) is 17.6. The van der Waals surface area contributed by atoms with Crippen LogP contribution in [0.3, 0.4) is 0 Å². The third-order valence-corrected chi connectivity index (χ3v) is 6.87. The van der Waals surface area contributed by atoms with Gasteiger partial charge in [0.25, 0.3) is 0 Å². The van der Waals surface area contributed by atoms with Crippen molar-refractivity contribution < 1.29 is 9.13 Å². The molecular weight excluding hydrogens is 359 g/mol. The van der Waals surface area contributed by atoms with Crippen molar-refractivity contribution in [1.82, 2.24) is 0 Å². The van der Waals surface area contributed by atoms with Gasteiger partial charge in [-0.3, -0.25) is 0 Å². The molecule has 0 heterocycles. The van der Waals surface area contributed by atoms with Gasteiger partial charge in [0.05, 0.1) is 6.10 Å². The Kier molecular flexibility index (Phi) is 6.36. The van der Waals surface area contributed by atoms with Crippen molar-refractivity contribution in [3.8, 4) is 11.8 Å². The lowest BCUT2D eigenvalue weighted by Gasteiger charge is -2.42. The van der Waals surface area contributed by atoms with Crippen LogP contribution in [0, 0.1) is 36.4 Å². The highest BCUT2D eigenvalue weighted by molar-refractivity contribution is 5.44. The van der Waals surface area contributed by atoms with Gasteiger partial charge >= 0.3 is 0 Å². The summed E-state index contributed by atoms with van der Waals surface area (Å²) in [4.78, 5) is 0. The van der Waals surface area contributed by atoms with Crippen LogP contribution in [0.2, 0.25) is 0 Å². The van der Waals surface area contributed by atoms with E-state index in [1.807, 2.05) is 6.07 Å². The van der Waals surface area contributed by atoms with Crippen molar-refractivity contribution >= 4 is 0 Å². The molecule has 1 nitrogen and oxygen atoms in total. The molecule has 4 rings (SSSR count). The average Bonchev–Trinajstić information content (AvgIpc) is 2.75.